The average molecular weight is 507 g/mol. The molecule has 5 rings (SSSR count). The van der Waals surface area contributed by atoms with E-state index in [1.807, 2.05) is 0 Å². The Kier molecular flexibility index (Phi) is 6.48. The van der Waals surface area contributed by atoms with Gasteiger partial charge in [0.25, 0.3) is 0 Å². The number of allylic oxidation sites excluding steroid dienone is 1. The summed E-state index contributed by atoms with van der Waals surface area (Å²) >= 11 is 0. The molecule has 0 aromatic heterocycles. The summed E-state index contributed by atoms with van der Waals surface area (Å²) in [6, 6.07) is 0. The zero-order valence-corrected chi connectivity index (χ0v) is 21.1. The number of rotatable bonds is 4. The Morgan fingerprint density at radius 1 is 1.06 bits per heavy atom. The first-order valence-electron chi connectivity index (χ1n) is 13.2. The van der Waals surface area contributed by atoms with E-state index < -0.39 is 42.8 Å². The molecule has 0 bridgehead atoms. The monoisotopic (exact) mass is 506 g/mol. The first-order chi connectivity index (χ1) is 16.9. The van der Waals surface area contributed by atoms with Gasteiger partial charge in [-0.05, 0) is 80.1 Å². The minimum Gasteiger partial charge on any atom is -0.479 e. The minimum absolute atomic E-state index is 0.0162. The third-order valence-electron chi connectivity index (χ3n) is 10.5. The molecule has 0 aromatic carbocycles. The predicted octanol–water partition coefficient (Wildman–Crippen LogP) is 1.61. The van der Waals surface area contributed by atoms with Gasteiger partial charge in [0, 0.05) is 12.3 Å². The van der Waals surface area contributed by atoms with Crippen molar-refractivity contribution in [1.29, 1.82) is 0 Å². The summed E-state index contributed by atoms with van der Waals surface area (Å²) in [5.41, 5.74) is 0.493. The van der Waals surface area contributed by atoms with Crippen molar-refractivity contribution in [3.63, 3.8) is 0 Å². The number of ether oxygens (including phenoxy) is 2. The fourth-order valence-electron chi connectivity index (χ4n) is 8.78. The zero-order chi connectivity index (χ0) is 26.2. The van der Waals surface area contributed by atoms with Crippen molar-refractivity contribution in [3.05, 3.63) is 11.6 Å². The standard InChI is InChI=1S/C27H38O9/c1-12(28)16-6-7-17-15-5-4-13-10-14(29)8-9-26(13,2)19(15)18(11-27(16,17)3)35-25-22(32)20(30)21(31)23(36-25)24(33)34/h10,15-23,25,30-32H,4-9,11H2,1-3H3,(H,33,34)/t15?,16-,17?,18-,19?,20+,21+,22-,23+,25-,26+,27-/m1/s1. The fraction of sp³-hybridized carbons (Fsp3) is 0.815. The number of hydrogen-bond acceptors (Lipinski definition) is 8. The molecule has 36 heavy (non-hydrogen) atoms. The molecule has 12 atom stereocenters. The number of carbonyl (C=O) groups excluding carboxylic acids is 2. The number of fused-ring (bicyclic) bond motifs is 5. The maximum Gasteiger partial charge on any atom is 0.335 e. The second-order valence-electron chi connectivity index (χ2n) is 12.2. The van der Waals surface area contributed by atoms with Crippen molar-refractivity contribution in [2.45, 2.75) is 103 Å². The van der Waals surface area contributed by atoms with Crippen molar-refractivity contribution >= 4 is 17.5 Å². The zero-order valence-electron chi connectivity index (χ0n) is 21.1. The number of carboxylic acid groups (broad SMARTS) is 1. The molecule has 5 aliphatic rings. The number of aliphatic hydroxyl groups excluding tert-OH is 3. The molecule has 200 valence electrons. The van der Waals surface area contributed by atoms with Crippen LogP contribution in [0.1, 0.15) is 65.7 Å². The van der Waals surface area contributed by atoms with Crippen LogP contribution in [0.2, 0.25) is 0 Å². The van der Waals surface area contributed by atoms with Gasteiger partial charge in [0.15, 0.2) is 18.2 Å². The van der Waals surface area contributed by atoms with Crippen LogP contribution in [0.25, 0.3) is 0 Å². The second kappa shape index (κ2) is 8.98. The number of aliphatic hydroxyl groups is 3. The molecular weight excluding hydrogens is 468 g/mol. The van der Waals surface area contributed by atoms with E-state index in [0.29, 0.717) is 25.2 Å². The topological polar surface area (TPSA) is 151 Å². The summed E-state index contributed by atoms with van der Waals surface area (Å²) in [7, 11) is 0. The maximum atomic E-state index is 12.7. The number of carbonyl (C=O) groups is 3. The van der Waals surface area contributed by atoms with Crippen LogP contribution < -0.4 is 0 Å². The molecule has 0 radical (unpaired) electrons. The van der Waals surface area contributed by atoms with E-state index in [2.05, 4.69) is 13.8 Å². The predicted molar refractivity (Wildman–Crippen MR) is 125 cm³/mol. The van der Waals surface area contributed by atoms with E-state index in [0.717, 1.165) is 31.3 Å². The number of hydrogen-bond donors (Lipinski definition) is 4. The molecule has 9 nitrogen and oxygen atoms in total. The van der Waals surface area contributed by atoms with Gasteiger partial charge in [0.2, 0.25) is 0 Å². The lowest BCUT2D eigenvalue weighted by molar-refractivity contribution is -0.320. The third-order valence-corrected chi connectivity index (χ3v) is 10.5. The summed E-state index contributed by atoms with van der Waals surface area (Å²) in [6.45, 7) is 5.97. The molecule has 0 spiro atoms. The van der Waals surface area contributed by atoms with Crippen LogP contribution in [0.5, 0.6) is 0 Å². The van der Waals surface area contributed by atoms with Gasteiger partial charge >= 0.3 is 5.97 Å². The molecule has 1 heterocycles. The number of Topliss-reactive ketones (excluding diaryl/α,β-unsaturated/α-hetero) is 1. The third kappa shape index (κ3) is 3.81. The minimum atomic E-state index is -1.79. The van der Waals surface area contributed by atoms with Crippen molar-refractivity contribution in [2.75, 3.05) is 0 Å². The normalized spacial score (nSPS) is 50.5. The van der Waals surface area contributed by atoms with Gasteiger partial charge < -0.3 is 29.9 Å². The first-order valence-corrected chi connectivity index (χ1v) is 13.2. The highest BCUT2D eigenvalue weighted by Crippen LogP contribution is 2.67. The van der Waals surface area contributed by atoms with Crippen LogP contribution in [0.15, 0.2) is 11.6 Å². The lowest BCUT2D eigenvalue weighted by Crippen LogP contribution is -2.63. The van der Waals surface area contributed by atoms with Crippen LogP contribution in [0, 0.1) is 34.5 Å². The van der Waals surface area contributed by atoms with Crippen LogP contribution in [0.4, 0.5) is 0 Å². The number of carboxylic acids is 1. The lowest BCUT2D eigenvalue weighted by Gasteiger charge is -2.61. The van der Waals surface area contributed by atoms with Gasteiger partial charge in [0.05, 0.1) is 6.10 Å². The molecule has 9 heteroatoms. The van der Waals surface area contributed by atoms with Gasteiger partial charge in [-0.15, -0.1) is 0 Å². The van der Waals surface area contributed by atoms with Crippen molar-refractivity contribution in [1.82, 2.24) is 0 Å². The molecule has 1 saturated heterocycles. The van der Waals surface area contributed by atoms with Crippen molar-refractivity contribution < 1.29 is 44.3 Å². The highest BCUT2D eigenvalue weighted by Gasteiger charge is 2.64. The van der Waals surface area contributed by atoms with Crippen LogP contribution >= 0.6 is 0 Å². The molecule has 4 aliphatic carbocycles. The summed E-state index contributed by atoms with van der Waals surface area (Å²) in [5.74, 6) is -0.737. The van der Waals surface area contributed by atoms with Crippen LogP contribution in [0.3, 0.4) is 0 Å². The smallest absolute Gasteiger partial charge is 0.335 e. The van der Waals surface area contributed by atoms with Gasteiger partial charge in [-0.25, -0.2) is 4.79 Å². The van der Waals surface area contributed by atoms with E-state index in [4.69, 9.17) is 9.47 Å². The van der Waals surface area contributed by atoms with E-state index >= 15 is 0 Å². The second-order valence-corrected chi connectivity index (χ2v) is 12.2. The molecule has 1 aliphatic heterocycles. The van der Waals surface area contributed by atoms with Crippen LogP contribution in [-0.2, 0) is 23.9 Å². The number of ketones is 2. The number of aliphatic carboxylic acids is 1. The van der Waals surface area contributed by atoms with Crippen LogP contribution in [-0.4, -0.2) is 74.8 Å². The van der Waals surface area contributed by atoms with E-state index in [1.165, 1.54) is 0 Å². The highest BCUT2D eigenvalue weighted by molar-refractivity contribution is 5.91. The van der Waals surface area contributed by atoms with Gasteiger partial charge in [0.1, 0.15) is 24.1 Å². The molecule has 3 unspecified atom stereocenters. The molecule has 0 amide bonds. The summed E-state index contributed by atoms with van der Waals surface area (Å²) in [4.78, 5) is 36.6. The van der Waals surface area contributed by atoms with Crippen molar-refractivity contribution in [2.24, 2.45) is 34.5 Å². The average Bonchev–Trinajstić information content (AvgIpc) is 3.16. The first kappa shape index (κ1) is 26.0. The molecule has 0 aromatic rings. The highest BCUT2D eigenvalue weighted by atomic mass is 16.7. The Hall–Kier alpha value is -1.65. The lowest BCUT2D eigenvalue weighted by atomic mass is 9.46. The quantitative estimate of drug-likeness (QED) is 0.446. The molecule has 3 saturated carbocycles. The Morgan fingerprint density at radius 3 is 2.44 bits per heavy atom. The molecular formula is C27H38O9. The van der Waals surface area contributed by atoms with E-state index in [1.54, 1.807) is 13.0 Å². The van der Waals surface area contributed by atoms with Gasteiger partial charge in [-0.1, -0.05) is 19.4 Å². The summed E-state index contributed by atoms with van der Waals surface area (Å²) < 4.78 is 11.9. The summed E-state index contributed by atoms with van der Waals surface area (Å²) in [6.07, 6.45) is -1.93. The molecule has 4 N–H and O–H groups in total. The SMILES string of the molecule is CC(=O)[C@H]1CCC2C3CCC4=CC(=O)CC[C@]4(C)C3[C@H](O[C@@H]3O[C@H](C(=O)O)[C@@H](O)[C@H](O)[C@H]3O)C[C@@]21C. The molecule has 4 fully saturated rings. The largest absolute Gasteiger partial charge is 0.479 e. The van der Waals surface area contributed by atoms with E-state index in [9.17, 15) is 34.8 Å². The van der Waals surface area contributed by atoms with E-state index in [-0.39, 0.29) is 40.2 Å². The Labute approximate surface area is 210 Å². The summed E-state index contributed by atoms with van der Waals surface area (Å²) in [5, 5.41) is 40.7. The Balaban J connectivity index is 1.53. The van der Waals surface area contributed by atoms with Gasteiger partial charge in [-0.3, -0.25) is 9.59 Å². The van der Waals surface area contributed by atoms with Crippen molar-refractivity contribution in [3.8, 4) is 0 Å². The van der Waals surface area contributed by atoms with Gasteiger partial charge in [-0.2, -0.15) is 0 Å². The Morgan fingerprint density at radius 2 is 1.78 bits per heavy atom. The fourth-order valence-corrected chi connectivity index (χ4v) is 8.78. The maximum absolute atomic E-state index is 12.7. The Bertz CT molecular complexity index is 976.